The Morgan fingerprint density at radius 2 is 1.90 bits per heavy atom. The van der Waals surface area contributed by atoms with Crippen molar-refractivity contribution in [2.45, 2.75) is 34.3 Å². The van der Waals surface area contributed by atoms with E-state index in [1.807, 2.05) is 58.0 Å². The fraction of sp³-hybridized carbons (Fsp3) is 0.588. The van der Waals surface area contributed by atoms with Crippen LogP contribution >= 0.6 is 0 Å². The average molecular weight is 276 g/mol. The van der Waals surface area contributed by atoms with Gasteiger partial charge in [0.25, 0.3) is 0 Å². The Hall–Kier alpha value is -1.35. The SMILES string of the molecule is CC1C(COCc2ccccc2)C1(C(=O)O)C(C)(C)C. The molecule has 1 aromatic carbocycles. The third kappa shape index (κ3) is 2.35. The number of rotatable bonds is 5. The molecule has 1 saturated carbocycles. The van der Waals surface area contributed by atoms with Crippen LogP contribution in [0.4, 0.5) is 0 Å². The molecule has 20 heavy (non-hydrogen) atoms. The number of hydrogen-bond acceptors (Lipinski definition) is 2. The van der Waals surface area contributed by atoms with Gasteiger partial charge >= 0.3 is 5.97 Å². The first-order valence-corrected chi connectivity index (χ1v) is 7.17. The summed E-state index contributed by atoms with van der Waals surface area (Å²) in [6.45, 7) is 9.11. The van der Waals surface area contributed by atoms with E-state index in [0.29, 0.717) is 13.2 Å². The minimum atomic E-state index is -0.689. The molecule has 0 aromatic heterocycles. The Kier molecular flexibility index (Phi) is 3.92. The smallest absolute Gasteiger partial charge is 0.310 e. The van der Waals surface area contributed by atoms with Crippen molar-refractivity contribution in [2.24, 2.45) is 22.7 Å². The van der Waals surface area contributed by atoms with Crippen molar-refractivity contribution in [1.29, 1.82) is 0 Å². The van der Waals surface area contributed by atoms with E-state index in [-0.39, 0.29) is 17.3 Å². The number of carbonyl (C=O) groups is 1. The van der Waals surface area contributed by atoms with E-state index in [4.69, 9.17) is 4.74 Å². The molecule has 1 N–H and O–H groups in total. The highest BCUT2D eigenvalue weighted by molar-refractivity contribution is 5.80. The first-order chi connectivity index (χ1) is 9.31. The van der Waals surface area contributed by atoms with Gasteiger partial charge in [-0.3, -0.25) is 4.79 Å². The summed E-state index contributed by atoms with van der Waals surface area (Å²) in [6.07, 6.45) is 0. The van der Waals surface area contributed by atoms with Crippen LogP contribution < -0.4 is 0 Å². The van der Waals surface area contributed by atoms with Crippen LogP contribution in [0.15, 0.2) is 30.3 Å². The van der Waals surface area contributed by atoms with E-state index >= 15 is 0 Å². The van der Waals surface area contributed by atoms with Gasteiger partial charge in [-0.15, -0.1) is 0 Å². The van der Waals surface area contributed by atoms with Crippen molar-refractivity contribution in [3.63, 3.8) is 0 Å². The zero-order valence-electron chi connectivity index (χ0n) is 12.7. The maximum atomic E-state index is 11.7. The van der Waals surface area contributed by atoms with Gasteiger partial charge in [0, 0.05) is 5.92 Å². The molecule has 3 unspecified atom stereocenters. The van der Waals surface area contributed by atoms with E-state index in [1.54, 1.807) is 0 Å². The lowest BCUT2D eigenvalue weighted by atomic mass is 9.75. The molecular formula is C17H24O3. The van der Waals surface area contributed by atoms with E-state index in [1.165, 1.54) is 0 Å². The second kappa shape index (κ2) is 5.21. The second-order valence-electron chi connectivity index (χ2n) is 6.82. The third-order valence-electron chi connectivity index (χ3n) is 4.80. The summed E-state index contributed by atoms with van der Waals surface area (Å²) in [4.78, 5) is 11.7. The summed E-state index contributed by atoms with van der Waals surface area (Å²) in [5.74, 6) is -0.426. The molecule has 3 heteroatoms. The molecule has 3 nitrogen and oxygen atoms in total. The Morgan fingerprint density at radius 1 is 1.30 bits per heavy atom. The first-order valence-electron chi connectivity index (χ1n) is 7.17. The number of ether oxygens (including phenoxy) is 1. The van der Waals surface area contributed by atoms with E-state index < -0.39 is 11.4 Å². The Bertz CT molecular complexity index is 475. The summed E-state index contributed by atoms with van der Waals surface area (Å²) >= 11 is 0. The molecule has 1 aliphatic carbocycles. The number of carboxylic acids is 1. The highest BCUT2D eigenvalue weighted by Crippen LogP contribution is 2.67. The first kappa shape index (κ1) is 15.0. The number of hydrogen-bond donors (Lipinski definition) is 1. The lowest BCUT2D eigenvalue weighted by Gasteiger charge is -2.29. The molecule has 0 saturated heterocycles. The molecular weight excluding hydrogens is 252 g/mol. The van der Waals surface area contributed by atoms with Gasteiger partial charge in [-0.25, -0.2) is 0 Å². The molecule has 0 amide bonds. The van der Waals surface area contributed by atoms with Crippen molar-refractivity contribution in [3.8, 4) is 0 Å². The third-order valence-corrected chi connectivity index (χ3v) is 4.80. The van der Waals surface area contributed by atoms with Gasteiger partial charge < -0.3 is 9.84 Å². The van der Waals surface area contributed by atoms with E-state index in [9.17, 15) is 9.90 Å². The highest BCUT2D eigenvalue weighted by atomic mass is 16.5. The van der Waals surface area contributed by atoms with E-state index in [0.717, 1.165) is 5.56 Å². The zero-order valence-corrected chi connectivity index (χ0v) is 12.7. The largest absolute Gasteiger partial charge is 0.481 e. The zero-order chi connectivity index (χ0) is 15.0. The molecule has 2 rings (SSSR count). The van der Waals surface area contributed by atoms with Crippen LogP contribution in [-0.4, -0.2) is 17.7 Å². The van der Waals surface area contributed by atoms with Crippen LogP contribution in [0.1, 0.15) is 33.3 Å². The van der Waals surface area contributed by atoms with Crippen LogP contribution in [0, 0.1) is 22.7 Å². The monoisotopic (exact) mass is 276 g/mol. The fourth-order valence-corrected chi connectivity index (χ4v) is 3.72. The maximum absolute atomic E-state index is 11.7. The van der Waals surface area contributed by atoms with Gasteiger partial charge in [-0.1, -0.05) is 58.0 Å². The van der Waals surface area contributed by atoms with Crippen LogP contribution in [0.5, 0.6) is 0 Å². The Morgan fingerprint density at radius 3 is 2.35 bits per heavy atom. The topological polar surface area (TPSA) is 46.5 Å². The fourth-order valence-electron chi connectivity index (χ4n) is 3.72. The minimum Gasteiger partial charge on any atom is -0.481 e. The Balaban J connectivity index is 1.96. The van der Waals surface area contributed by atoms with Gasteiger partial charge in [0.2, 0.25) is 0 Å². The normalized spacial score (nSPS) is 29.2. The molecule has 0 bridgehead atoms. The van der Waals surface area contributed by atoms with Gasteiger partial charge in [-0.05, 0) is 16.9 Å². The molecule has 0 aliphatic heterocycles. The Labute approximate surface area is 121 Å². The van der Waals surface area contributed by atoms with Gasteiger partial charge in [0.1, 0.15) is 0 Å². The van der Waals surface area contributed by atoms with Gasteiger partial charge in [0.05, 0.1) is 18.6 Å². The maximum Gasteiger partial charge on any atom is 0.310 e. The minimum absolute atomic E-state index is 0.101. The number of benzene rings is 1. The molecule has 1 fully saturated rings. The van der Waals surface area contributed by atoms with Gasteiger partial charge in [0.15, 0.2) is 0 Å². The van der Waals surface area contributed by atoms with Crippen LogP contribution in [-0.2, 0) is 16.1 Å². The molecule has 1 aliphatic rings. The van der Waals surface area contributed by atoms with Crippen molar-refractivity contribution >= 4 is 5.97 Å². The molecule has 1 aromatic rings. The summed E-state index contributed by atoms with van der Waals surface area (Å²) in [5, 5.41) is 9.64. The highest BCUT2D eigenvalue weighted by Gasteiger charge is 2.72. The quantitative estimate of drug-likeness (QED) is 0.894. The van der Waals surface area contributed by atoms with Crippen molar-refractivity contribution < 1.29 is 14.6 Å². The summed E-state index contributed by atoms with van der Waals surface area (Å²) < 4.78 is 5.75. The lowest BCUT2D eigenvalue weighted by molar-refractivity contribution is -0.150. The van der Waals surface area contributed by atoms with Gasteiger partial charge in [-0.2, -0.15) is 0 Å². The van der Waals surface area contributed by atoms with Crippen LogP contribution in [0.3, 0.4) is 0 Å². The second-order valence-corrected chi connectivity index (χ2v) is 6.82. The summed E-state index contributed by atoms with van der Waals surface area (Å²) in [5.41, 5.74) is 0.223. The van der Waals surface area contributed by atoms with Crippen LogP contribution in [0.25, 0.3) is 0 Å². The lowest BCUT2D eigenvalue weighted by Crippen LogP contribution is -2.34. The standard InChI is InChI=1S/C17H24O3/c1-12-14(17(12,15(18)19)16(2,3)4)11-20-10-13-8-6-5-7-9-13/h5-9,12,14H,10-11H2,1-4H3,(H,18,19). The van der Waals surface area contributed by atoms with Crippen molar-refractivity contribution in [1.82, 2.24) is 0 Å². The predicted molar refractivity (Wildman–Crippen MR) is 78.3 cm³/mol. The molecule has 0 radical (unpaired) electrons. The molecule has 110 valence electrons. The number of aliphatic carboxylic acids is 1. The molecule has 0 heterocycles. The average Bonchev–Trinajstić information content (AvgIpc) is 2.97. The van der Waals surface area contributed by atoms with Crippen LogP contribution in [0.2, 0.25) is 0 Å². The van der Waals surface area contributed by atoms with Crippen molar-refractivity contribution in [3.05, 3.63) is 35.9 Å². The predicted octanol–water partition coefficient (Wildman–Crippen LogP) is 3.59. The van der Waals surface area contributed by atoms with E-state index in [2.05, 4.69) is 0 Å². The summed E-state index contributed by atoms with van der Waals surface area (Å²) in [7, 11) is 0. The van der Waals surface area contributed by atoms with Crippen molar-refractivity contribution in [2.75, 3.05) is 6.61 Å². The molecule has 3 atom stereocenters. The summed E-state index contributed by atoms with van der Waals surface area (Å²) in [6, 6.07) is 9.97. The molecule has 0 spiro atoms. The number of carboxylic acid groups (broad SMARTS) is 1.